The summed E-state index contributed by atoms with van der Waals surface area (Å²) in [5.41, 5.74) is 2.20. The Morgan fingerprint density at radius 1 is 1.38 bits per heavy atom. The van der Waals surface area contributed by atoms with Crippen molar-refractivity contribution < 1.29 is 9.90 Å². The maximum Gasteiger partial charge on any atom is 0.275 e. The summed E-state index contributed by atoms with van der Waals surface area (Å²) < 4.78 is -1.67. The zero-order chi connectivity index (χ0) is 12.2. The molecule has 1 rings (SSSR count). The van der Waals surface area contributed by atoms with Gasteiger partial charge in [-0.25, -0.2) is 5.43 Å². The fourth-order valence-electron chi connectivity index (χ4n) is 0.890. The van der Waals surface area contributed by atoms with Crippen LogP contribution in [0.4, 0.5) is 0 Å². The first kappa shape index (κ1) is 13.1. The molecule has 2 N–H and O–H groups in total. The molecular weight excluding hydrogens is 274 g/mol. The average Bonchev–Trinajstić information content (AvgIpc) is 2.16. The van der Waals surface area contributed by atoms with Crippen LogP contribution in [0.5, 0.6) is 5.75 Å². The minimum absolute atomic E-state index is 0.0870. The molecule has 0 aliphatic heterocycles. The number of para-hydroxylation sites is 1. The second kappa shape index (κ2) is 5.39. The van der Waals surface area contributed by atoms with Crippen LogP contribution in [-0.4, -0.2) is 21.0 Å². The van der Waals surface area contributed by atoms with Gasteiger partial charge in [0, 0.05) is 0 Å². The van der Waals surface area contributed by atoms with E-state index in [2.05, 4.69) is 10.5 Å². The number of amides is 1. The lowest BCUT2D eigenvalue weighted by Crippen LogP contribution is -2.19. The van der Waals surface area contributed by atoms with E-state index in [0.29, 0.717) is 0 Å². The molecule has 0 radical (unpaired) electrons. The highest BCUT2D eigenvalue weighted by molar-refractivity contribution is 6.74. The van der Waals surface area contributed by atoms with Gasteiger partial charge in [0.25, 0.3) is 5.91 Å². The third-order valence-corrected chi connectivity index (χ3v) is 1.82. The van der Waals surface area contributed by atoms with E-state index in [9.17, 15) is 9.90 Å². The van der Waals surface area contributed by atoms with Crippen molar-refractivity contribution >= 4 is 46.9 Å². The SMILES string of the molecule is O=C(NN=CC(Cl)(Cl)Cl)c1ccccc1O. The van der Waals surface area contributed by atoms with Crippen LogP contribution in [-0.2, 0) is 0 Å². The number of benzene rings is 1. The van der Waals surface area contributed by atoms with Gasteiger partial charge in [-0.2, -0.15) is 5.10 Å². The molecule has 0 fully saturated rings. The van der Waals surface area contributed by atoms with E-state index < -0.39 is 9.70 Å². The van der Waals surface area contributed by atoms with Crippen molar-refractivity contribution in [3.8, 4) is 5.75 Å². The predicted molar refractivity (Wildman–Crippen MR) is 64.4 cm³/mol. The molecular formula is C9H7Cl3N2O2. The molecule has 0 aromatic heterocycles. The molecule has 86 valence electrons. The highest BCUT2D eigenvalue weighted by Gasteiger charge is 2.16. The van der Waals surface area contributed by atoms with Gasteiger partial charge in [-0.1, -0.05) is 46.9 Å². The van der Waals surface area contributed by atoms with Crippen molar-refractivity contribution in [1.29, 1.82) is 0 Å². The lowest BCUT2D eigenvalue weighted by Gasteiger charge is -2.04. The first-order valence-corrected chi connectivity index (χ1v) is 5.23. The normalized spacial score (nSPS) is 11.7. The summed E-state index contributed by atoms with van der Waals surface area (Å²) >= 11 is 16.1. The number of carbonyl (C=O) groups is 1. The molecule has 0 aliphatic carbocycles. The fourth-order valence-corrected chi connectivity index (χ4v) is 1.04. The topological polar surface area (TPSA) is 61.7 Å². The van der Waals surface area contributed by atoms with Gasteiger partial charge in [-0.15, -0.1) is 0 Å². The number of nitrogens with one attached hydrogen (secondary N) is 1. The minimum atomic E-state index is -1.67. The number of hydrogen-bond acceptors (Lipinski definition) is 3. The summed E-state index contributed by atoms with van der Waals surface area (Å²) in [5.74, 6) is -0.743. The third-order valence-electron chi connectivity index (χ3n) is 1.53. The molecule has 0 unspecified atom stereocenters. The molecule has 0 aliphatic rings. The largest absolute Gasteiger partial charge is 0.507 e. The molecule has 0 bridgehead atoms. The Balaban J connectivity index is 2.68. The zero-order valence-corrected chi connectivity index (χ0v) is 10.1. The summed E-state index contributed by atoms with van der Waals surface area (Å²) in [7, 11) is 0. The van der Waals surface area contributed by atoms with Crippen LogP contribution < -0.4 is 5.43 Å². The molecule has 1 amide bonds. The van der Waals surface area contributed by atoms with Crippen LogP contribution >= 0.6 is 34.8 Å². The molecule has 7 heteroatoms. The van der Waals surface area contributed by atoms with Gasteiger partial charge >= 0.3 is 0 Å². The molecule has 4 nitrogen and oxygen atoms in total. The highest BCUT2D eigenvalue weighted by Crippen LogP contribution is 2.22. The molecule has 0 saturated carbocycles. The number of phenols is 1. The monoisotopic (exact) mass is 280 g/mol. The lowest BCUT2D eigenvalue weighted by molar-refractivity contribution is 0.0952. The predicted octanol–water partition coefficient (Wildman–Crippen LogP) is 2.48. The van der Waals surface area contributed by atoms with Crippen molar-refractivity contribution in [3.63, 3.8) is 0 Å². The van der Waals surface area contributed by atoms with Crippen molar-refractivity contribution in [2.75, 3.05) is 0 Å². The summed E-state index contributed by atoms with van der Waals surface area (Å²) in [6.45, 7) is 0. The number of hydrazone groups is 1. The van der Waals surface area contributed by atoms with Gasteiger partial charge in [0.05, 0.1) is 11.8 Å². The second-order valence-corrected chi connectivity index (χ2v) is 5.13. The van der Waals surface area contributed by atoms with Crippen LogP contribution in [0.2, 0.25) is 0 Å². The number of phenolic OH excluding ortho intramolecular Hbond substituents is 1. The van der Waals surface area contributed by atoms with Gasteiger partial charge in [0.1, 0.15) is 5.75 Å². The smallest absolute Gasteiger partial charge is 0.275 e. The first-order chi connectivity index (χ1) is 7.40. The Kier molecular flexibility index (Phi) is 4.41. The van der Waals surface area contributed by atoms with Crippen LogP contribution in [0.15, 0.2) is 29.4 Å². The maximum atomic E-state index is 11.4. The Morgan fingerprint density at radius 3 is 2.56 bits per heavy atom. The number of halogens is 3. The molecule has 16 heavy (non-hydrogen) atoms. The minimum Gasteiger partial charge on any atom is -0.507 e. The molecule has 0 heterocycles. The van der Waals surface area contributed by atoms with Gasteiger partial charge in [-0.3, -0.25) is 4.79 Å². The van der Waals surface area contributed by atoms with E-state index in [4.69, 9.17) is 34.8 Å². The number of hydrogen-bond donors (Lipinski definition) is 2. The Morgan fingerprint density at radius 2 is 2.00 bits per heavy atom. The Bertz CT molecular complexity index is 415. The summed E-state index contributed by atoms with van der Waals surface area (Å²) in [6.07, 6.45) is 0.940. The van der Waals surface area contributed by atoms with Gasteiger partial charge in [0.2, 0.25) is 3.79 Å². The highest BCUT2D eigenvalue weighted by atomic mass is 35.6. The number of nitrogens with zero attached hydrogens (tertiary/aromatic N) is 1. The molecule has 1 aromatic carbocycles. The van der Waals surface area contributed by atoms with E-state index in [1.807, 2.05) is 0 Å². The van der Waals surface area contributed by atoms with Crippen LogP contribution in [0.1, 0.15) is 10.4 Å². The molecule has 0 saturated heterocycles. The van der Waals surface area contributed by atoms with Crippen LogP contribution in [0.3, 0.4) is 0 Å². The maximum absolute atomic E-state index is 11.4. The second-order valence-electron chi connectivity index (χ2n) is 2.76. The van der Waals surface area contributed by atoms with Gasteiger partial charge < -0.3 is 5.11 Å². The van der Waals surface area contributed by atoms with E-state index >= 15 is 0 Å². The van der Waals surface area contributed by atoms with Gasteiger partial charge in [0.15, 0.2) is 0 Å². The third kappa shape index (κ3) is 4.26. The molecule has 0 atom stereocenters. The summed E-state index contributed by atoms with van der Waals surface area (Å²) in [6, 6.07) is 6.02. The standard InChI is InChI=1S/C9H7Cl3N2O2/c10-9(11,12)5-13-14-8(16)6-3-1-2-4-7(6)15/h1-5,15H,(H,14,16). The summed E-state index contributed by atoms with van der Waals surface area (Å²) in [5, 5.41) is 12.8. The lowest BCUT2D eigenvalue weighted by atomic mass is 10.2. The van der Waals surface area contributed by atoms with Crippen molar-refractivity contribution in [2.45, 2.75) is 3.79 Å². The molecule has 0 spiro atoms. The number of carbonyl (C=O) groups excluding carboxylic acids is 1. The number of aromatic hydroxyl groups is 1. The zero-order valence-electron chi connectivity index (χ0n) is 7.82. The van der Waals surface area contributed by atoms with Crippen molar-refractivity contribution in [1.82, 2.24) is 5.43 Å². The fraction of sp³-hybridized carbons (Fsp3) is 0.111. The van der Waals surface area contributed by atoms with Crippen molar-refractivity contribution in [3.05, 3.63) is 29.8 Å². The van der Waals surface area contributed by atoms with Crippen LogP contribution in [0, 0.1) is 0 Å². The van der Waals surface area contributed by atoms with Crippen molar-refractivity contribution in [2.24, 2.45) is 5.10 Å². The summed E-state index contributed by atoms with van der Waals surface area (Å²) in [4.78, 5) is 11.4. The van der Waals surface area contributed by atoms with E-state index in [1.165, 1.54) is 12.1 Å². The Labute approximate surface area is 107 Å². The quantitative estimate of drug-likeness (QED) is 0.497. The number of rotatable bonds is 2. The van der Waals surface area contributed by atoms with E-state index in [-0.39, 0.29) is 11.3 Å². The van der Waals surface area contributed by atoms with Crippen LogP contribution in [0.25, 0.3) is 0 Å². The van der Waals surface area contributed by atoms with Gasteiger partial charge in [-0.05, 0) is 12.1 Å². The first-order valence-electron chi connectivity index (χ1n) is 4.09. The van der Waals surface area contributed by atoms with E-state index in [0.717, 1.165) is 6.21 Å². The average molecular weight is 282 g/mol. The Hall–Kier alpha value is -0.970. The number of alkyl halides is 3. The van der Waals surface area contributed by atoms with E-state index in [1.54, 1.807) is 12.1 Å². The molecule has 1 aromatic rings.